The molecule has 274 valence electrons. The standard InChI is InChI=1S/C33H27N5O12S3/c1-14-36-37-32(53-14)52-13-17-10-38-29(45)33(31(46)47,30(38)51-12-17)35-28(44)25(18-4-6-19(41)7-5-18)34-27(43)21-11-48-22-9-24(50-16(3)40)23(49-15(2)39)8-20(22)26(21)42/h4-11,25,30,41H,12-13H2,1-3H3,(H,34,43)(H,35,44)(H,46,47)/t25?,30-,33+/m0/s1. The molecule has 2 aliphatic heterocycles. The molecule has 4 heterocycles. The van der Waals surface area contributed by atoms with E-state index >= 15 is 0 Å². The Kier molecular flexibility index (Phi) is 10.3. The van der Waals surface area contributed by atoms with Crippen molar-refractivity contribution in [1.29, 1.82) is 0 Å². The van der Waals surface area contributed by atoms with Crippen LogP contribution in [0.25, 0.3) is 11.0 Å². The number of rotatable bonds is 11. The lowest BCUT2D eigenvalue weighted by Gasteiger charge is -2.53. The maximum absolute atomic E-state index is 14.0. The van der Waals surface area contributed by atoms with E-state index in [1.54, 1.807) is 6.20 Å². The van der Waals surface area contributed by atoms with E-state index in [0.717, 1.165) is 58.9 Å². The Bertz CT molecular complexity index is 2290. The van der Waals surface area contributed by atoms with Gasteiger partial charge in [0.25, 0.3) is 11.8 Å². The highest BCUT2D eigenvalue weighted by molar-refractivity contribution is 8.01. The van der Waals surface area contributed by atoms with Crippen molar-refractivity contribution in [3.8, 4) is 17.2 Å². The van der Waals surface area contributed by atoms with Crippen LogP contribution in [0.5, 0.6) is 17.2 Å². The fourth-order valence-corrected chi connectivity index (χ4v) is 8.73. The summed E-state index contributed by atoms with van der Waals surface area (Å²) in [6.45, 7) is 4.01. The molecular weight excluding hydrogens is 755 g/mol. The summed E-state index contributed by atoms with van der Waals surface area (Å²) < 4.78 is 16.4. The van der Waals surface area contributed by atoms with Crippen molar-refractivity contribution in [3.63, 3.8) is 0 Å². The molecule has 0 bridgehead atoms. The Morgan fingerprint density at radius 2 is 1.75 bits per heavy atom. The average molecular weight is 782 g/mol. The van der Waals surface area contributed by atoms with Crippen molar-refractivity contribution >= 4 is 81.5 Å². The van der Waals surface area contributed by atoms with Crippen molar-refractivity contribution in [2.24, 2.45) is 0 Å². The number of hydrogen-bond donors (Lipinski definition) is 4. The van der Waals surface area contributed by atoms with E-state index in [9.17, 15) is 43.8 Å². The lowest BCUT2D eigenvalue weighted by atomic mass is 9.87. The molecule has 2 aromatic heterocycles. The molecule has 3 amide bonds. The van der Waals surface area contributed by atoms with Gasteiger partial charge in [0.15, 0.2) is 15.8 Å². The van der Waals surface area contributed by atoms with Crippen LogP contribution in [-0.4, -0.2) is 83.4 Å². The molecule has 1 unspecified atom stereocenters. The number of aliphatic carboxylic acids is 1. The molecule has 0 spiro atoms. The first kappa shape index (κ1) is 37.0. The third-order valence-electron chi connectivity index (χ3n) is 7.84. The molecule has 2 aromatic carbocycles. The van der Waals surface area contributed by atoms with E-state index < -0.39 is 63.6 Å². The zero-order valence-corrected chi connectivity index (χ0v) is 30.2. The summed E-state index contributed by atoms with van der Waals surface area (Å²) in [4.78, 5) is 92.0. The van der Waals surface area contributed by atoms with E-state index in [4.69, 9.17) is 13.9 Å². The lowest BCUT2D eigenvalue weighted by Crippen LogP contribution is -2.82. The first-order chi connectivity index (χ1) is 25.2. The molecule has 53 heavy (non-hydrogen) atoms. The number of aromatic hydroxyl groups is 1. The fourth-order valence-electron chi connectivity index (χ4n) is 5.45. The number of esters is 2. The number of phenolic OH excluding ortho intramolecular Hbond substituents is 1. The summed E-state index contributed by atoms with van der Waals surface area (Å²) in [5.41, 5.74) is -3.18. The highest BCUT2D eigenvalue weighted by atomic mass is 32.2. The van der Waals surface area contributed by atoms with Crippen molar-refractivity contribution in [2.75, 3.05) is 11.5 Å². The summed E-state index contributed by atoms with van der Waals surface area (Å²) in [5.74, 6) is -6.23. The number of β-lactam (4-membered cyclic amide) rings is 1. The van der Waals surface area contributed by atoms with Crippen LogP contribution in [-0.2, 0) is 24.0 Å². The number of fused-ring (bicyclic) bond motifs is 2. The number of carboxylic acid groups (broad SMARTS) is 1. The van der Waals surface area contributed by atoms with Crippen LogP contribution in [0.4, 0.5) is 0 Å². The summed E-state index contributed by atoms with van der Waals surface area (Å²) in [6, 6.07) is 5.49. The van der Waals surface area contributed by atoms with Crippen molar-refractivity contribution < 1.29 is 52.9 Å². The number of amides is 3. The molecule has 3 atom stereocenters. The number of thioether (sulfide) groups is 2. The second-order valence-corrected chi connectivity index (χ2v) is 15.1. The predicted molar refractivity (Wildman–Crippen MR) is 188 cm³/mol. The van der Waals surface area contributed by atoms with Crippen LogP contribution < -0.4 is 25.5 Å². The van der Waals surface area contributed by atoms with Crippen molar-refractivity contribution in [1.82, 2.24) is 25.7 Å². The molecule has 4 aromatic rings. The minimum absolute atomic E-state index is 0.0635. The van der Waals surface area contributed by atoms with Gasteiger partial charge in [-0.3, -0.25) is 28.8 Å². The molecule has 0 aliphatic carbocycles. The number of nitrogens with one attached hydrogen (secondary N) is 2. The summed E-state index contributed by atoms with van der Waals surface area (Å²) >= 11 is 3.97. The number of hydrogen-bond acceptors (Lipinski definition) is 16. The molecule has 4 N–H and O–H groups in total. The largest absolute Gasteiger partial charge is 0.508 e. The van der Waals surface area contributed by atoms with Crippen LogP contribution in [0.15, 0.2) is 68.0 Å². The summed E-state index contributed by atoms with van der Waals surface area (Å²) in [6.07, 6.45) is 2.35. The van der Waals surface area contributed by atoms with Crippen LogP contribution in [0.2, 0.25) is 0 Å². The Morgan fingerprint density at radius 1 is 1.08 bits per heavy atom. The molecule has 0 radical (unpaired) electrons. The van der Waals surface area contributed by atoms with Gasteiger partial charge in [0.05, 0.1) is 5.39 Å². The van der Waals surface area contributed by atoms with Gasteiger partial charge < -0.3 is 39.6 Å². The normalized spacial score (nSPS) is 18.2. The van der Waals surface area contributed by atoms with Gasteiger partial charge in [-0.2, -0.15) is 0 Å². The predicted octanol–water partition coefficient (Wildman–Crippen LogP) is 2.51. The third kappa shape index (κ3) is 7.32. The SMILES string of the molecule is CC(=O)Oc1cc2occ(C(=O)NC(C(=O)N[C@]3(C(=O)O)C(=O)N4C=C(CSc5nnc(C)s5)CS[C@H]43)c3ccc(O)cc3)c(=O)c2cc1OC(C)=O. The first-order valence-electron chi connectivity index (χ1n) is 15.4. The highest BCUT2D eigenvalue weighted by Crippen LogP contribution is 2.44. The average Bonchev–Trinajstić information content (AvgIpc) is 3.53. The smallest absolute Gasteiger partial charge is 0.342 e. The number of aromatic nitrogens is 2. The summed E-state index contributed by atoms with van der Waals surface area (Å²) in [7, 11) is 0. The highest BCUT2D eigenvalue weighted by Gasteiger charge is 2.68. The maximum atomic E-state index is 14.0. The van der Waals surface area contributed by atoms with Gasteiger partial charge in [-0.15, -0.1) is 22.0 Å². The molecule has 17 nitrogen and oxygen atoms in total. The topological polar surface area (TPSA) is 245 Å². The molecule has 20 heteroatoms. The number of aryl methyl sites for hydroxylation is 1. The third-order valence-corrected chi connectivity index (χ3v) is 11.4. The quantitative estimate of drug-likeness (QED) is 0.0561. The van der Waals surface area contributed by atoms with E-state index in [1.165, 1.54) is 52.3 Å². The second-order valence-electron chi connectivity index (χ2n) is 11.6. The number of carbonyl (C=O) groups excluding carboxylic acids is 5. The van der Waals surface area contributed by atoms with Crippen molar-refractivity contribution in [2.45, 2.75) is 42.1 Å². The Balaban J connectivity index is 1.27. The van der Waals surface area contributed by atoms with Gasteiger partial charge in [0.2, 0.25) is 16.9 Å². The van der Waals surface area contributed by atoms with E-state index in [-0.39, 0.29) is 33.8 Å². The molecular formula is C33H27N5O12S3. The van der Waals surface area contributed by atoms with E-state index in [2.05, 4.69) is 20.8 Å². The van der Waals surface area contributed by atoms with Gasteiger partial charge >= 0.3 is 17.9 Å². The molecule has 0 saturated carbocycles. The van der Waals surface area contributed by atoms with Gasteiger partial charge in [-0.05, 0) is 36.3 Å². The maximum Gasteiger partial charge on any atom is 0.342 e. The van der Waals surface area contributed by atoms with Gasteiger partial charge in [0, 0.05) is 37.6 Å². The number of phenols is 1. The monoisotopic (exact) mass is 781 g/mol. The Labute approximate surface area is 310 Å². The van der Waals surface area contributed by atoms with Gasteiger partial charge in [-0.1, -0.05) is 35.2 Å². The number of carboxylic acids is 1. The number of benzene rings is 2. The zero-order chi connectivity index (χ0) is 38.2. The Hall–Kier alpha value is -5.73. The molecule has 6 rings (SSSR count). The number of ether oxygens (including phenoxy) is 2. The minimum atomic E-state index is -2.40. The van der Waals surface area contributed by atoms with E-state index in [1.807, 2.05) is 6.92 Å². The molecule has 2 aliphatic rings. The van der Waals surface area contributed by atoms with Gasteiger partial charge in [-0.25, -0.2) is 4.79 Å². The summed E-state index contributed by atoms with van der Waals surface area (Å²) in [5, 5.41) is 32.5. The van der Waals surface area contributed by atoms with Crippen LogP contribution in [0, 0.1) is 6.92 Å². The number of carbonyl (C=O) groups is 6. The van der Waals surface area contributed by atoms with Crippen LogP contribution in [0.1, 0.15) is 40.8 Å². The van der Waals surface area contributed by atoms with Gasteiger partial charge in [0.1, 0.15) is 39.6 Å². The van der Waals surface area contributed by atoms with Crippen LogP contribution in [0.3, 0.4) is 0 Å². The second kappa shape index (κ2) is 14.7. The lowest BCUT2D eigenvalue weighted by molar-refractivity contribution is -0.170. The fraction of sp³-hybridized carbons (Fsp3) is 0.242. The Morgan fingerprint density at radius 3 is 2.38 bits per heavy atom. The van der Waals surface area contributed by atoms with Crippen LogP contribution >= 0.6 is 34.9 Å². The minimum Gasteiger partial charge on any atom is -0.508 e. The molecule has 1 saturated heterocycles. The van der Waals surface area contributed by atoms with Crippen molar-refractivity contribution in [3.05, 3.63) is 80.8 Å². The first-order valence-corrected chi connectivity index (χ1v) is 18.2. The zero-order valence-electron chi connectivity index (χ0n) is 27.7. The number of nitrogens with zero attached hydrogens (tertiary/aromatic N) is 3. The molecule has 1 fully saturated rings. The van der Waals surface area contributed by atoms with E-state index in [0.29, 0.717) is 11.5 Å².